The van der Waals surface area contributed by atoms with Crippen molar-refractivity contribution >= 4 is 0 Å². The Bertz CT molecular complexity index is 292. The number of hydrogen-bond acceptors (Lipinski definition) is 0. The molecule has 0 amide bonds. The van der Waals surface area contributed by atoms with Gasteiger partial charge in [0, 0.05) is 0 Å². The second kappa shape index (κ2) is 3.17. The van der Waals surface area contributed by atoms with Gasteiger partial charge in [-0.05, 0) is 25.0 Å². The van der Waals surface area contributed by atoms with Crippen LogP contribution in [0.2, 0.25) is 0 Å². The van der Waals surface area contributed by atoms with E-state index in [0.717, 1.165) is 0 Å². The number of hydrogen-bond donors (Lipinski definition) is 0. The first-order valence-electron chi connectivity index (χ1n) is 3.57. The predicted molar refractivity (Wildman–Crippen MR) is 40.8 cm³/mol. The zero-order valence-electron chi connectivity index (χ0n) is 6.87. The summed E-state index contributed by atoms with van der Waals surface area (Å²) in [7, 11) is 0. The minimum Gasteiger partial charge on any atom is -0.206 e. The highest BCUT2D eigenvalue weighted by atomic mass is 19.3. The van der Waals surface area contributed by atoms with Crippen molar-refractivity contribution in [1.82, 2.24) is 0 Å². The van der Waals surface area contributed by atoms with Crippen molar-refractivity contribution in [3.05, 3.63) is 34.6 Å². The molecule has 1 aromatic carbocycles. The standard InChI is InChI=1S/C9H9F3/c1-5-3-4-6(2)8(10)7(5)9(11)12/h3-4,9H,1-2H3. The van der Waals surface area contributed by atoms with Crippen molar-refractivity contribution in [3.63, 3.8) is 0 Å². The highest BCUT2D eigenvalue weighted by Gasteiger charge is 2.17. The van der Waals surface area contributed by atoms with E-state index in [0.29, 0.717) is 5.56 Å². The normalized spacial score (nSPS) is 10.8. The molecule has 0 radical (unpaired) electrons. The highest BCUT2D eigenvalue weighted by Crippen LogP contribution is 2.26. The zero-order valence-corrected chi connectivity index (χ0v) is 6.87. The third-order valence-corrected chi connectivity index (χ3v) is 1.81. The number of rotatable bonds is 1. The minimum absolute atomic E-state index is 0.260. The van der Waals surface area contributed by atoms with Gasteiger partial charge < -0.3 is 0 Å². The van der Waals surface area contributed by atoms with E-state index in [1.165, 1.54) is 26.0 Å². The Morgan fingerprint density at radius 2 is 1.58 bits per heavy atom. The molecule has 0 spiro atoms. The average molecular weight is 174 g/mol. The summed E-state index contributed by atoms with van der Waals surface area (Å²) in [6, 6.07) is 3.00. The molecule has 12 heavy (non-hydrogen) atoms. The third kappa shape index (κ3) is 1.44. The molecule has 0 heterocycles. The van der Waals surface area contributed by atoms with Gasteiger partial charge in [-0.25, -0.2) is 13.2 Å². The van der Waals surface area contributed by atoms with Crippen molar-refractivity contribution in [1.29, 1.82) is 0 Å². The van der Waals surface area contributed by atoms with Gasteiger partial charge in [0.1, 0.15) is 5.82 Å². The van der Waals surface area contributed by atoms with Gasteiger partial charge in [-0.1, -0.05) is 12.1 Å². The first-order chi connectivity index (χ1) is 5.54. The van der Waals surface area contributed by atoms with Gasteiger partial charge in [0.25, 0.3) is 6.43 Å². The van der Waals surface area contributed by atoms with Crippen LogP contribution in [0.15, 0.2) is 12.1 Å². The number of alkyl halides is 2. The van der Waals surface area contributed by atoms with E-state index in [4.69, 9.17) is 0 Å². The molecule has 0 saturated heterocycles. The largest absolute Gasteiger partial charge is 0.266 e. The first kappa shape index (κ1) is 9.10. The molecule has 0 unspecified atom stereocenters. The SMILES string of the molecule is Cc1ccc(C)c(C(F)F)c1F. The summed E-state index contributed by atoms with van der Waals surface area (Å²) in [5.74, 6) is -0.787. The first-order valence-corrected chi connectivity index (χ1v) is 3.57. The molecule has 0 fully saturated rings. The molecule has 0 atom stereocenters. The van der Waals surface area contributed by atoms with E-state index < -0.39 is 17.8 Å². The van der Waals surface area contributed by atoms with Crippen LogP contribution in [0.25, 0.3) is 0 Å². The summed E-state index contributed by atoms with van der Waals surface area (Å²) in [5, 5.41) is 0. The van der Waals surface area contributed by atoms with Crippen molar-refractivity contribution in [2.24, 2.45) is 0 Å². The van der Waals surface area contributed by atoms with Gasteiger partial charge in [-0.3, -0.25) is 0 Å². The highest BCUT2D eigenvalue weighted by molar-refractivity contribution is 5.33. The smallest absolute Gasteiger partial charge is 0.206 e. The summed E-state index contributed by atoms with van der Waals surface area (Å²) >= 11 is 0. The zero-order chi connectivity index (χ0) is 9.30. The molecule has 0 aliphatic rings. The Hall–Kier alpha value is -0.990. The number of benzene rings is 1. The van der Waals surface area contributed by atoms with Gasteiger partial charge in [-0.2, -0.15) is 0 Å². The molecule has 0 aliphatic heterocycles. The molecule has 66 valence electrons. The van der Waals surface area contributed by atoms with Crippen LogP contribution in [0.4, 0.5) is 13.2 Å². The summed E-state index contributed by atoms with van der Waals surface area (Å²) in [5.41, 5.74) is 0.0824. The molecule has 3 heteroatoms. The average Bonchev–Trinajstić information content (AvgIpc) is 1.97. The van der Waals surface area contributed by atoms with Crippen LogP contribution in [0.3, 0.4) is 0 Å². The van der Waals surface area contributed by atoms with Crippen molar-refractivity contribution in [3.8, 4) is 0 Å². The van der Waals surface area contributed by atoms with Gasteiger partial charge >= 0.3 is 0 Å². The molecule has 0 saturated carbocycles. The summed E-state index contributed by atoms with van der Waals surface area (Å²) in [6.07, 6.45) is -2.73. The molecule has 1 rings (SSSR count). The van der Waals surface area contributed by atoms with E-state index in [1.807, 2.05) is 0 Å². The van der Waals surface area contributed by atoms with Crippen LogP contribution in [0.5, 0.6) is 0 Å². The Morgan fingerprint density at radius 3 is 2.00 bits per heavy atom. The molecule has 0 aromatic heterocycles. The molecular weight excluding hydrogens is 165 g/mol. The van der Waals surface area contributed by atoms with Crippen molar-refractivity contribution in [2.45, 2.75) is 20.3 Å². The topological polar surface area (TPSA) is 0 Å². The van der Waals surface area contributed by atoms with Crippen LogP contribution in [0.1, 0.15) is 23.1 Å². The van der Waals surface area contributed by atoms with E-state index >= 15 is 0 Å². The summed E-state index contributed by atoms with van der Waals surface area (Å²) in [4.78, 5) is 0. The van der Waals surface area contributed by atoms with Crippen LogP contribution in [0, 0.1) is 19.7 Å². The van der Waals surface area contributed by atoms with Crippen molar-refractivity contribution < 1.29 is 13.2 Å². The Morgan fingerprint density at radius 1 is 1.08 bits per heavy atom. The molecule has 0 bridgehead atoms. The fourth-order valence-corrected chi connectivity index (χ4v) is 1.07. The van der Waals surface area contributed by atoms with Crippen LogP contribution < -0.4 is 0 Å². The minimum atomic E-state index is -2.73. The fourth-order valence-electron chi connectivity index (χ4n) is 1.07. The second-order valence-corrected chi connectivity index (χ2v) is 2.73. The fraction of sp³-hybridized carbons (Fsp3) is 0.333. The molecule has 0 nitrogen and oxygen atoms in total. The lowest BCUT2D eigenvalue weighted by atomic mass is 10.1. The van der Waals surface area contributed by atoms with Gasteiger partial charge in [0.05, 0.1) is 5.56 Å². The van der Waals surface area contributed by atoms with Crippen LogP contribution in [-0.4, -0.2) is 0 Å². The van der Waals surface area contributed by atoms with Gasteiger partial charge in [0.15, 0.2) is 0 Å². The third-order valence-electron chi connectivity index (χ3n) is 1.81. The molecule has 0 aliphatic carbocycles. The van der Waals surface area contributed by atoms with E-state index in [2.05, 4.69) is 0 Å². The maximum absolute atomic E-state index is 13.0. The van der Waals surface area contributed by atoms with E-state index in [9.17, 15) is 13.2 Å². The monoisotopic (exact) mass is 174 g/mol. The van der Waals surface area contributed by atoms with E-state index in [-0.39, 0.29) is 5.56 Å². The maximum atomic E-state index is 13.0. The Kier molecular flexibility index (Phi) is 2.40. The quantitative estimate of drug-likeness (QED) is 0.612. The van der Waals surface area contributed by atoms with Crippen LogP contribution >= 0.6 is 0 Å². The lowest BCUT2D eigenvalue weighted by Crippen LogP contribution is -1.97. The Labute approximate surface area is 69.0 Å². The van der Waals surface area contributed by atoms with Crippen LogP contribution in [-0.2, 0) is 0 Å². The number of aryl methyl sites for hydroxylation is 2. The van der Waals surface area contributed by atoms with Gasteiger partial charge in [-0.15, -0.1) is 0 Å². The lowest BCUT2D eigenvalue weighted by molar-refractivity contribution is 0.145. The number of halogens is 3. The maximum Gasteiger partial charge on any atom is 0.266 e. The summed E-state index contributed by atoms with van der Waals surface area (Å²) in [6.45, 7) is 2.95. The van der Waals surface area contributed by atoms with E-state index in [1.54, 1.807) is 0 Å². The lowest BCUT2D eigenvalue weighted by Gasteiger charge is -2.07. The molecule has 0 N–H and O–H groups in total. The predicted octanol–water partition coefficient (Wildman–Crippen LogP) is 3.38. The van der Waals surface area contributed by atoms with Gasteiger partial charge in [0.2, 0.25) is 0 Å². The molecular formula is C9H9F3. The summed E-state index contributed by atoms with van der Waals surface area (Å²) < 4.78 is 37.5. The second-order valence-electron chi connectivity index (χ2n) is 2.73. The Balaban J connectivity index is 3.33. The van der Waals surface area contributed by atoms with Crippen molar-refractivity contribution in [2.75, 3.05) is 0 Å². The molecule has 1 aromatic rings.